The van der Waals surface area contributed by atoms with Gasteiger partial charge in [-0.2, -0.15) is 0 Å². The lowest BCUT2D eigenvalue weighted by Crippen LogP contribution is -2.18. The number of benzene rings is 1. The van der Waals surface area contributed by atoms with Crippen molar-refractivity contribution < 1.29 is 14.3 Å². The van der Waals surface area contributed by atoms with Crippen LogP contribution in [0, 0.1) is 0 Å². The second-order valence-corrected chi connectivity index (χ2v) is 4.95. The second kappa shape index (κ2) is 6.50. The molecule has 23 heavy (non-hydrogen) atoms. The predicted octanol–water partition coefficient (Wildman–Crippen LogP) is 2.59. The molecule has 0 aliphatic heterocycles. The number of carbonyl (C=O) groups is 1. The maximum absolute atomic E-state index is 12.0. The number of amides is 1. The van der Waals surface area contributed by atoms with E-state index in [-0.39, 0.29) is 12.5 Å². The minimum absolute atomic E-state index is 0.0163. The van der Waals surface area contributed by atoms with Gasteiger partial charge >= 0.3 is 0 Å². The fourth-order valence-corrected chi connectivity index (χ4v) is 2.39. The molecular weight excluding hydrogens is 294 g/mol. The van der Waals surface area contributed by atoms with E-state index in [2.05, 4.69) is 10.3 Å². The Morgan fingerprint density at radius 3 is 2.87 bits per heavy atom. The van der Waals surface area contributed by atoms with E-state index >= 15 is 0 Å². The molecule has 0 aliphatic rings. The van der Waals surface area contributed by atoms with Crippen molar-refractivity contribution in [2.75, 3.05) is 26.1 Å². The molecule has 0 unspecified atom stereocenters. The van der Waals surface area contributed by atoms with Gasteiger partial charge in [0.15, 0.2) is 0 Å². The molecule has 6 heteroatoms. The van der Waals surface area contributed by atoms with Crippen molar-refractivity contribution in [1.29, 1.82) is 0 Å². The summed E-state index contributed by atoms with van der Waals surface area (Å²) in [6.45, 7) is -0.0163. The van der Waals surface area contributed by atoms with Crippen molar-refractivity contribution in [3.63, 3.8) is 0 Å². The van der Waals surface area contributed by atoms with Crippen LogP contribution in [0.1, 0.15) is 0 Å². The zero-order valence-corrected chi connectivity index (χ0v) is 12.9. The zero-order chi connectivity index (χ0) is 16.2. The maximum atomic E-state index is 12.0. The molecule has 2 aromatic heterocycles. The Hall–Kier alpha value is -2.86. The van der Waals surface area contributed by atoms with Crippen molar-refractivity contribution in [1.82, 2.24) is 9.38 Å². The predicted molar refractivity (Wildman–Crippen MR) is 87.7 cm³/mol. The average Bonchev–Trinajstić information content (AvgIpc) is 2.94. The Kier molecular flexibility index (Phi) is 4.25. The molecule has 3 rings (SSSR count). The van der Waals surface area contributed by atoms with Gasteiger partial charge in [-0.05, 0) is 24.3 Å². The molecule has 1 amide bonds. The molecule has 1 aromatic carbocycles. The minimum Gasteiger partial charge on any atom is -0.497 e. The van der Waals surface area contributed by atoms with Crippen LogP contribution < -0.4 is 10.1 Å². The Labute approximate surface area is 133 Å². The molecule has 0 fully saturated rings. The summed E-state index contributed by atoms with van der Waals surface area (Å²) in [5.41, 5.74) is 2.29. The summed E-state index contributed by atoms with van der Waals surface area (Å²) in [4.78, 5) is 16.6. The van der Waals surface area contributed by atoms with Crippen molar-refractivity contribution in [3.8, 4) is 17.0 Å². The van der Waals surface area contributed by atoms with Gasteiger partial charge in [0.1, 0.15) is 29.5 Å². The number of pyridine rings is 1. The van der Waals surface area contributed by atoms with Crippen molar-refractivity contribution >= 4 is 17.4 Å². The summed E-state index contributed by atoms with van der Waals surface area (Å²) >= 11 is 0. The summed E-state index contributed by atoms with van der Waals surface area (Å²) in [6, 6.07) is 13.2. The summed E-state index contributed by atoms with van der Waals surface area (Å²) < 4.78 is 12.0. The smallest absolute Gasteiger partial charge is 0.251 e. The van der Waals surface area contributed by atoms with E-state index < -0.39 is 0 Å². The summed E-state index contributed by atoms with van der Waals surface area (Å²) in [7, 11) is 3.10. The van der Waals surface area contributed by atoms with E-state index in [0.717, 1.165) is 17.0 Å². The molecule has 0 atom stereocenters. The normalized spacial score (nSPS) is 10.7. The highest BCUT2D eigenvalue weighted by Gasteiger charge is 2.16. The van der Waals surface area contributed by atoms with Gasteiger partial charge < -0.3 is 14.8 Å². The summed E-state index contributed by atoms with van der Waals surface area (Å²) in [5, 5.41) is 2.87. The summed E-state index contributed by atoms with van der Waals surface area (Å²) in [6.07, 6.45) is 1.86. The van der Waals surface area contributed by atoms with Gasteiger partial charge in [-0.25, -0.2) is 4.98 Å². The molecule has 0 bridgehead atoms. The second-order valence-electron chi connectivity index (χ2n) is 4.95. The molecule has 1 N–H and O–H groups in total. The van der Waals surface area contributed by atoms with Crippen molar-refractivity contribution in [2.45, 2.75) is 0 Å². The Bertz CT molecular complexity index is 842. The van der Waals surface area contributed by atoms with Crippen LogP contribution in [-0.2, 0) is 9.53 Å². The Morgan fingerprint density at radius 1 is 1.22 bits per heavy atom. The SMILES string of the molecule is COCC(=O)Nc1c(-c2cccc(OC)c2)nc2ccccn12. The van der Waals surface area contributed by atoms with Crippen molar-refractivity contribution in [2.24, 2.45) is 0 Å². The number of methoxy groups -OCH3 is 2. The number of aromatic nitrogens is 2. The van der Waals surface area contributed by atoms with Crippen LogP contribution in [0.15, 0.2) is 48.7 Å². The van der Waals surface area contributed by atoms with Gasteiger partial charge in [0.05, 0.1) is 7.11 Å². The molecule has 0 spiro atoms. The molecule has 0 saturated heterocycles. The van der Waals surface area contributed by atoms with Crippen LogP contribution in [0.2, 0.25) is 0 Å². The highest BCUT2D eigenvalue weighted by Crippen LogP contribution is 2.30. The monoisotopic (exact) mass is 311 g/mol. The van der Waals surface area contributed by atoms with E-state index in [1.807, 2.05) is 53.1 Å². The minimum atomic E-state index is -0.234. The van der Waals surface area contributed by atoms with Gasteiger partial charge in [0, 0.05) is 18.9 Å². The number of anilines is 1. The topological polar surface area (TPSA) is 64.9 Å². The molecular formula is C17H17N3O3. The number of ether oxygens (including phenoxy) is 2. The fraction of sp³-hybridized carbons (Fsp3) is 0.176. The molecule has 0 aliphatic carbocycles. The molecule has 0 saturated carbocycles. The number of carbonyl (C=O) groups excluding carboxylic acids is 1. The standard InChI is InChI=1S/C17H17N3O3/c1-22-11-15(21)19-17-16(12-6-5-7-13(10-12)23-2)18-14-8-3-4-9-20(14)17/h3-10H,11H2,1-2H3,(H,19,21). The molecule has 2 heterocycles. The number of hydrogen-bond donors (Lipinski definition) is 1. The van der Waals surface area contributed by atoms with Crippen LogP contribution in [-0.4, -0.2) is 36.1 Å². The molecule has 6 nitrogen and oxygen atoms in total. The number of nitrogens with zero attached hydrogens (tertiary/aromatic N) is 2. The van der Waals surface area contributed by atoms with Crippen LogP contribution in [0.25, 0.3) is 16.9 Å². The van der Waals surface area contributed by atoms with E-state index in [9.17, 15) is 4.79 Å². The van der Waals surface area contributed by atoms with Crippen LogP contribution in [0.4, 0.5) is 5.82 Å². The fourth-order valence-electron chi connectivity index (χ4n) is 2.39. The van der Waals surface area contributed by atoms with E-state index in [1.54, 1.807) is 7.11 Å². The first-order valence-electron chi connectivity index (χ1n) is 7.13. The van der Waals surface area contributed by atoms with E-state index in [0.29, 0.717) is 11.5 Å². The van der Waals surface area contributed by atoms with E-state index in [1.165, 1.54) is 7.11 Å². The van der Waals surface area contributed by atoms with Gasteiger partial charge in [0.25, 0.3) is 5.91 Å². The molecule has 3 aromatic rings. The number of hydrogen-bond acceptors (Lipinski definition) is 4. The van der Waals surface area contributed by atoms with Crippen LogP contribution >= 0.6 is 0 Å². The van der Waals surface area contributed by atoms with E-state index in [4.69, 9.17) is 9.47 Å². The highest BCUT2D eigenvalue weighted by molar-refractivity contribution is 5.95. The Morgan fingerprint density at radius 2 is 2.09 bits per heavy atom. The van der Waals surface area contributed by atoms with Crippen molar-refractivity contribution in [3.05, 3.63) is 48.7 Å². The number of imidazole rings is 1. The summed E-state index contributed by atoms with van der Waals surface area (Å²) in [5.74, 6) is 1.10. The largest absolute Gasteiger partial charge is 0.497 e. The Balaban J connectivity index is 2.13. The third-order valence-corrected chi connectivity index (χ3v) is 3.41. The number of fused-ring (bicyclic) bond motifs is 1. The third kappa shape index (κ3) is 3.02. The zero-order valence-electron chi connectivity index (χ0n) is 12.9. The quantitative estimate of drug-likeness (QED) is 0.786. The lowest BCUT2D eigenvalue weighted by molar-refractivity contribution is -0.119. The highest BCUT2D eigenvalue weighted by atomic mass is 16.5. The maximum Gasteiger partial charge on any atom is 0.251 e. The lowest BCUT2D eigenvalue weighted by Gasteiger charge is -2.08. The first-order chi connectivity index (χ1) is 11.2. The van der Waals surface area contributed by atoms with Crippen LogP contribution in [0.5, 0.6) is 5.75 Å². The first-order valence-corrected chi connectivity index (χ1v) is 7.13. The number of nitrogens with one attached hydrogen (secondary N) is 1. The lowest BCUT2D eigenvalue weighted by atomic mass is 10.1. The van der Waals surface area contributed by atoms with Gasteiger partial charge in [0.2, 0.25) is 0 Å². The molecule has 118 valence electrons. The average molecular weight is 311 g/mol. The number of rotatable bonds is 5. The first kappa shape index (κ1) is 15.1. The third-order valence-electron chi connectivity index (χ3n) is 3.41. The molecule has 0 radical (unpaired) electrons. The van der Waals surface area contributed by atoms with Gasteiger partial charge in [-0.1, -0.05) is 18.2 Å². The van der Waals surface area contributed by atoms with Gasteiger partial charge in [-0.3, -0.25) is 9.20 Å². The van der Waals surface area contributed by atoms with Gasteiger partial charge in [-0.15, -0.1) is 0 Å². The van der Waals surface area contributed by atoms with Crippen LogP contribution in [0.3, 0.4) is 0 Å².